The molecule has 1 heterocycles. The Morgan fingerprint density at radius 3 is 2.68 bits per heavy atom. The van der Waals surface area contributed by atoms with Gasteiger partial charge in [0.15, 0.2) is 0 Å². The first-order valence-electron chi connectivity index (χ1n) is 6.14. The molecule has 0 aliphatic carbocycles. The van der Waals surface area contributed by atoms with Gasteiger partial charge in [0, 0.05) is 11.8 Å². The molecular weight excluding hydrogens is 262 g/mol. The highest BCUT2D eigenvalue weighted by molar-refractivity contribution is 7.91. The Kier molecular flexibility index (Phi) is 5.75. The highest BCUT2D eigenvalue weighted by atomic mass is 32.2. The number of aromatic nitrogens is 2. The van der Waals surface area contributed by atoms with Crippen molar-refractivity contribution in [2.75, 3.05) is 7.11 Å². The van der Waals surface area contributed by atoms with E-state index in [2.05, 4.69) is 14.4 Å². The van der Waals surface area contributed by atoms with E-state index >= 15 is 0 Å². The molecule has 0 aliphatic heterocycles. The first-order valence-corrected chi connectivity index (χ1v) is 7.24. The lowest BCUT2D eigenvalue weighted by atomic mass is 10.2. The number of nitrogens with zero attached hydrogens (tertiary/aromatic N) is 3. The molecule has 0 amide bonds. The minimum atomic E-state index is -1.20. The summed E-state index contributed by atoms with van der Waals surface area (Å²) in [4.78, 5) is 8.12. The number of aryl methyl sites for hydroxylation is 1. The Bertz CT molecular complexity index is 444. The Morgan fingerprint density at radius 1 is 1.42 bits per heavy atom. The van der Waals surface area contributed by atoms with Crippen molar-refractivity contribution in [2.24, 2.45) is 4.40 Å². The van der Waals surface area contributed by atoms with Crippen LogP contribution in [-0.4, -0.2) is 32.1 Å². The highest BCUT2D eigenvalue weighted by Gasteiger charge is 2.26. The zero-order valence-electron chi connectivity index (χ0n) is 12.1. The lowest BCUT2D eigenvalue weighted by Gasteiger charge is -2.18. The van der Waals surface area contributed by atoms with E-state index in [0.717, 1.165) is 24.2 Å². The minimum Gasteiger partial charge on any atom is -0.591 e. The molecule has 0 fully saturated rings. The molecule has 1 atom stereocenters. The molecule has 0 saturated carbocycles. The van der Waals surface area contributed by atoms with E-state index in [1.165, 1.54) is 6.33 Å². The summed E-state index contributed by atoms with van der Waals surface area (Å²) in [6.45, 7) is 7.63. The Morgan fingerprint density at radius 2 is 2.11 bits per heavy atom. The van der Waals surface area contributed by atoms with Gasteiger partial charge in [-0.15, -0.1) is 0 Å². The fraction of sp³-hybridized carbons (Fsp3) is 0.615. The first-order chi connectivity index (χ1) is 8.82. The van der Waals surface area contributed by atoms with Crippen molar-refractivity contribution in [2.45, 2.75) is 45.3 Å². The summed E-state index contributed by atoms with van der Waals surface area (Å²) in [5.41, 5.74) is 1.76. The van der Waals surface area contributed by atoms with Crippen molar-refractivity contribution in [1.82, 2.24) is 9.97 Å². The predicted octanol–water partition coefficient (Wildman–Crippen LogP) is 2.34. The molecule has 0 aromatic carbocycles. The Balaban J connectivity index is 2.58. The van der Waals surface area contributed by atoms with Crippen LogP contribution in [0.2, 0.25) is 0 Å². The largest absolute Gasteiger partial charge is 0.591 e. The van der Waals surface area contributed by atoms with E-state index in [1.807, 2.05) is 27.7 Å². The van der Waals surface area contributed by atoms with Gasteiger partial charge in [-0.2, -0.15) is 0 Å². The normalized spacial score (nSPS) is 14.3. The Labute approximate surface area is 117 Å². The van der Waals surface area contributed by atoms with Gasteiger partial charge in [-0.05, 0) is 40.5 Å². The van der Waals surface area contributed by atoms with E-state index in [0.29, 0.717) is 5.88 Å². The van der Waals surface area contributed by atoms with E-state index < -0.39 is 11.4 Å². The van der Waals surface area contributed by atoms with Crippen molar-refractivity contribution in [1.29, 1.82) is 0 Å². The summed E-state index contributed by atoms with van der Waals surface area (Å²) < 4.78 is 20.8. The molecule has 5 nitrogen and oxygen atoms in total. The van der Waals surface area contributed by atoms with Crippen LogP contribution in [0.1, 0.15) is 39.8 Å². The van der Waals surface area contributed by atoms with Gasteiger partial charge in [0.05, 0.1) is 12.8 Å². The van der Waals surface area contributed by atoms with Crippen LogP contribution < -0.4 is 4.74 Å². The van der Waals surface area contributed by atoms with Gasteiger partial charge >= 0.3 is 0 Å². The Hall–Kier alpha value is -1.14. The van der Waals surface area contributed by atoms with Crippen LogP contribution in [-0.2, 0) is 17.8 Å². The zero-order valence-corrected chi connectivity index (χ0v) is 13.0. The molecular formula is C13H21N3O2S. The van der Waals surface area contributed by atoms with Crippen LogP contribution in [0.4, 0.5) is 0 Å². The summed E-state index contributed by atoms with van der Waals surface area (Å²) in [6, 6.07) is 1.80. The van der Waals surface area contributed by atoms with Gasteiger partial charge in [-0.3, -0.25) is 0 Å². The summed E-state index contributed by atoms with van der Waals surface area (Å²) in [5, 5.41) is 0. The van der Waals surface area contributed by atoms with Gasteiger partial charge in [-0.1, -0.05) is 4.40 Å². The number of methoxy groups -OCH3 is 1. The predicted molar refractivity (Wildman–Crippen MR) is 77.9 cm³/mol. The molecule has 0 N–H and O–H groups in total. The summed E-state index contributed by atoms with van der Waals surface area (Å²) in [5.74, 6) is 0.554. The lowest BCUT2D eigenvalue weighted by Crippen LogP contribution is -2.26. The maximum atomic E-state index is 11.9. The van der Waals surface area contributed by atoms with E-state index in [-0.39, 0.29) is 4.75 Å². The van der Waals surface area contributed by atoms with Crippen molar-refractivity contribution in [3.8, 4) is 5.88 Å². The smallest absolute Gasteiger partial charge is 0.216 e. The molecule has 1 aromatic rings. The number of ether oxygens (including phenoxy) is 1. The van der Waals surface area contributed by atoms with Gasteiger partial charge in [0.2, 0.25) is 5.88 Å². The van der Waals surface area contributed by atoms with Crippen LogP contribution in [0, 0.1) is 0 Å². The first kappa shape index (κ1) is 15.9. The van der Waals surface area contributed by atoms with Crippen LogP contribution in [0.15, 0.2) is 16.8 Å². The lowest BCUT2D eigenvalue weighted by molar-refractivity contribution is 0.396. The van der Waals surface area contributed by atoms with E-state index in [1.54, 1.807) is 13.2 Å². The van der Waals surface area contributed by atoms with Crippen LogP contribution >= 0.6 is 0 Å². The molecule has 0 spiro atoms. The molecule has 0 unspecified atom stereocenters. The average Bonchev–Trinajstić information content (AvgIpc) is 2.35. The maximum absolute atomic E-state index is 11.9. The van der Waals surface area contributed by atoms with Gasteiger partial charge in [0.25, 0.3) is 0 Å². The van der Waals surface area contributed by atoms with Gasteiger partial charge < -0.3 is 9.29 Å². The molecule has 1 rings (SSSR count). The fourth-order valence-corrected chi connectivity index (χ4v) is 1.91. The number of hydrogen-bond acceptors (Lipinski definition) is 5. The maximum Gasteiger partial charge on any atom is 0.216 e. The molecule has 0 saturated heterocycles. The molecule has 106 valence electrons. The van der Waals surface area contributed by atoms with Crippen LogP contribution in [0.3, 0.4) is 0 Å². The van der Waals surface area contributed by atoms with Gasteiger partial charge in [0.1, 0.15) is 22.4 Å². The van der Waals surface area contributed by atoms with Crippen molar-refractivity contribution >= 4 is 17.1 Å². The topological polar surface area (TPSA) is 70.4 Å². The van der Waals surface area contributed by atoms with Crippen molar-refractivity contribution in [3.63, 3.8) is 0 Å². The number of rotatable bonds is 5. The highest BCUT2D eigenvalue weighted by Crippen LogP contribution is 2.18. The third kappa shape index (κ3) is 5.57. The third-order valence-electron chi connectivity index (χ3n) is 2.41. The zero-order chi connectivity index (χ0) is 14.5. The van der Waals surface area contributed by atoms with Crippen molar-refractivity contribution < 1.29 is 9.29 Å². The monoisotopic (exact) mass is 283 g/mol. The second kappa shape index (κ2) is 6.86. The standard InChI is InChI=1S/C13H21N3O2S/c1-10(16-19(17)13(2,3)4)6-7-11-8-12(18-5)15-9-14-11/h8-9H,6-7H2,1-5H3/b16-10-/t19-/m0/s1. The second-order valence-corrected chi connectivity index (χ2v) is 7.15. The SMILES string of the molecule is COc1cc(CC/C(C)=N\[S@@+]([O-])C(C)(C)C)ncn1. The third-order valence-corrected chi connectivity index (χ3v) is 3.94. The molecule has 0 bridgehead atoms. The molecule has 0 aliphatic rings. The second-order valence-electron chi connectivity index (χ2n) is 5.24. The minimum absolute atomic E-state index is 0.320. The average molecular weight is 283 g/mol. The molecule has 6 heteroatoms. The fourth-order valence-electron chi connectivity index (χ4n) is 1.26. The van der Waals surface area contributed by atoms with Gasteiger partial charge in [-0.25, -0.2) is 9.97 Å². The summed E-state index contributed by atoms with van der Waals surface area (Å²) in [6.07, 6.45) is 2.94. The van der Waals surface area contributed by atoms with Crippen molar-refractivity contribution in [3.05, 3.63) is 18.1 Å². The molecule has 0 radical (unpaired) electrons. The molecule has 1 aromatic heterocycles. The quantitative estimate of drug-likeness (QED) is 0.614. The van der Waals surface area contributed by atoms with E-state index in [4.69, 9.17) is 4.74 Å². The van der Waals surface area contributed by atoms with Crippen LogP contribution in [0.5, 0.6) is 5.88 Å². The van der Waals surface area contributed by atoms with E-state index in [9.17, 15) is 4.55 Å². The summed E-state index contributed by atoms with van der Waals surface area (Å²) >= 11 is -1.20. The van der Waals surface area contributed by atoms with Crippen LogP contribution in [0.25, 0.3) is 0 Å². The number of hydrogen-bond donors (Lipinski definition) is 0. The molecule has 19 heavy (non-hydrogen) atoms. The summed E-state index contributed by atoms with van der Waals surface area (Å²) in [7, 11) is 1.57.